The maximum Gasteiger partial charge on any atom is 0.341 e. The van der Waals surface area contributed by atoms with Gasteiger partial charge in [0.05, 0.1) is 18.7 Å². The van der Waals surface area contributed by atoms with Crippen LogP contribution in [0.25, 0.3) is 11.1 Å². The summed E-state index contributed by atoms with van der Waals surface area (Å²) >= 11 is 1.29. The van der Waals surface area contributed by atoms with Crippen LogP contribution in [0.4, 0.5) is 5.00 Å². The lowest BCUT2D eigenvalue weighted by molar-refractivity contribution is -0.136. The van der Waals surface area contributed by atoms with Gasteiger partial charge in [-0.1, -0.05) is 30.3 Å². The maximum atomic E-state index is 12.7. The summed E-state index contributed by atoms with van der Waals surface area (Å²) in [4.78, 5) is 39.3. The highest BCUT2D eigenvalue weighted by molar-refractivity contribution is 7.15. The Bertz CT molecular complexity index is 908. The van der Waals surface area contributed by atoms with E-state index in [2.05, 4.69) is 10.6 Å². The van der Waals surface area contributed by atoms with Crippen LogP contribution in [0.15, 0.2) is 35.7 Å². The quantitative estimate of drug-likeness (QED) is 0.709. The highest BCUT2D eigenvalue weighted by atomic mass is 32.1. The number of thiophene rings is 1. The molecule has 2 heterocycles. The average molecular weight is 416 g/mol. The van der Waals surface area contributed by atoms with Crippen molar-refractivity contribution in [3.63, 3.8) is 0 Å². The third kappa shape index (κ3) is 4.49. The zero-order valence-corrected chi connectivity index (χ0v) is 17.6. The van der Waals surface area contributed by atoms with Gasteiger partial charge < -0.3 is 15.4 Å². The van der Waals surface area contributed by atoms with E-state index in [1.807, 2.05) is 40.6 Å². The molecule has 0 atom stereocenters. The molecule has 0 bridgehead atoms. The number of hydrogen-bond donors (Lipinski definition) is 2. The Labute approximate surface area is 174 Å². The average Bonchev–Trinajstić information content (AvgIpc) is 3.10. The molecule has 3 rings (SSSR count). The van der Waals surface area contributed by atoms with E-state index in [1.54, 1.807) is 20.8 Å². The van der Waals surface area contributed by atoms with E-state index in [0.29, 0.717) is 23.7 Å². The van der Waals surface area contributed by atoms with Crippen molar-refractivity contribution in [2.75, 3.05) is 31.6 Å². The Morgan fingerprint density at radius 2 is 2.00 bits per heavy atom. The highest BCUT2D eigenvalue weighted by Gasteiger charge is 2.38. The van der Waals surface area contributed by atoms with Gasteiger partial charge in [-0.3, -0.25) is 14.5 Å². The van der Waals surface area contributed by atoms with Crippen molar-refractivity contribution in [3.05, 3.63) is 41.3 Å². The van der Waals surface area contributed by atoms with Gasteiger partial charge in [0.25, 0.3) is 0 Å². The molecular formula is C21H25N3O4S. The van der Waals surface area contributed by atoms with Crippen molar-refractivity contribution in [2.24, 2.45) is 0 Å². The van der Waals surface area contributed by atoms with Crippen LogP contribution >= 0.6 is 11.3 Å². The number of rotatable bonds is 6. The molecule has 0 spiro atoms. The SMILES string of the molecule is CCOC(=O)c1c(-c2ccccc2)csc1NC(=O)CN1CCNC(=O)C1(C)C. The topological polar surface area (TPSA) is 87.7 Å². The number of nitrogens with zero attached hydrogens (tertiary/aromatic N) is 1. The van der Waals surface area contributed by atoms with E-state index in [4.69, 9.17) is 4.74 Å². The van der Waals surface area contributed by atoms with Crippen molar-refractivity contribution in [1.82, 2.24) is 10.2 Å². The standard InChI is InChI=1S/C21H25N3O4S/c1-4-28-19(26)17-15(14-8-6-5-7-9-14)13-29-18(17)23-16(25)12-24-11-10-22-20(27)21(24,2)3/h5-9,13H,4,10-12H2,1-3H3,(H,22,27)(H,23,25). The first-order valence-electron chi connectivity index (χ1n) is 9.51. The number of piperazine rings is 1. The summed E-state index contributed by atoms with van der Waals surface area (Å²) in [6.07, 6.45) is 0. The van der Waals surface area contributed by atoms with E-state index in [-0.39, 0.29) is 25.0 Å². The molecule has 1 fully saturated rings. The van der Waals surface area contributed by atoms with E-state index in [9.17, 15) is 14.4 Å². The molecule has 0 saturated carbocycles. The first-order chi connectivity index (χ1) is 13.8. The summed E-state index contributed by atoms with van der Waals surface area (Å²) in [5.74, 6) is -0.855. The molecule has 2 aromatic rings. The molecule has 1 aliphatic heterocycles. The van der Waals surface area contributed by atoms with Gasteiger partial charge in [0.2, 0.25) is 11.8 Å². The summed E-state index contributed by atoms with van der Waals surface area (Å²) in [5, 5.41) is 7.95. The summed E-state index contributed by atoms with van der Waals surface area (Å²) in [6.45, 7) is 6.70. The molecule has 1 aromatic heterocycles. The van der Waals surface area contributed by atoms with Crippen LogP contribution in [-0.2, 0) is 14.3 Å². The molecular weight excluding hydrogens is 390 g/mol. The van der Waals surface area contributed by atoms with Crippen LogP contribution in [0.2, 0.25) is 0 Å². The van der Waals surface area contributed by atoms with Gasteiger partial charge in [-0.05, 0) is 26.3 Å². The van der Waals surface area contributed by atoms with Gasteiger partial charge in [0.1, 0.15) is 10.6 Å². The minimum absolute atomic E-state index is 0.0568. The first-order valence-corrected chi connectivity index (χ1v) is 10.4. The van der Waals surface area contributed by atoms with E-state index in [1.165, 1.54) is 11.3 Å². The second kappa shape index (κ2) is 8.75. The smallest absolute Gasteiger partial charge is 0.341 e. The Hall–Kier alpha value is -2.71. The third-order valence-corrected chi connectivity index (χ3v) is 5.85. The van der Waals surface area contributed by atoms with E-state index < -0.39 is 11.5 Å². The lowest BCUT2D eigenvalue weighted by Crippen LogP contribution is -2.62. The number of carbonyl (C=O) groups excluding carboxylic acids is 3. The van der Waals surface area contributed by atoms with Crippen molar-refractivity contribution in [2.45, 2.75) is 26.3 Å². The Balaban J connectivity index is 1.83. The molecule has 29 heavy (non-hydrogen) atoms. The van der Waals surface area contributed by atoms with E-state index >= 15 is 0 Å². The predicted octanol–water partition coefficient (Wildman–Crippen LogP) is 2.74. The first kappa shape index (κ1) is 21.0. The largest absolute Gasteiger partial charge is 0.462 e. The molecule has 2 N–H and O–H groups in total. The van der Waals surface area contributed by atoms with Crippen molar-refractivity contribution >= 4 is 34.1 Å². The zero-order chi connectivity index (χ0) is 21.0. The fraction of sp³-hybridized carbons (Fsp3) is 0.381. The number of benzene rings is 1. The number of anilines is 1. The minimum Gasteiger partial charge on any atom is -0.462 e. The molecule has 0 radical (unpaired) electrons. The molecule has 1 saturated heterocycles. The van der Waals surface area contributed by atoms with Crippen LogP contribution in [0, 0.1) is 0 Å². The number of ether oxygens (including phenoxy) is 1. The fourth-order valence-corrected chi connectivity index (χ4v) is 4.22. The second-order valence-corrected chi connectivity index (χ2v) is 8.10. The zero-order valence-electron chi connectivity index (χ0n) is 16.8. The van der Waals surface area contributed by atoms with Gasteiger partial charge >= 0.3 is 5.97 Å². The van der Waals surface area contributed by atoms with Gasteiger partial charge in [0.15, 0.2) is 0 Å². The van der Waals surface area contributed by atoms with Crippen LogP contribution in [0.3, 0.4) is 0 Å². The fourth-order valence-electron chi connectivity index (χ4n) is 3.25. The molecule has 2 amide bonds. The van der Waals surface area contributed by atoms with Gasteiger partial charge in [0, 0.05) is 24.0 Å². The highest BCUT2D eigenvalue weighted by Crippen LogP contribution is 2.36. The van der Waals surface area contributed by atoms with Crippen LogP contribution < -0.4 is 10.6 Å². The van der Waals surface area contributed by atoms with Crippen LogP contribution in [0.1, 0.15) is 31.1 Å². The molecule has 154 valence electrons. The van der Waals surface area contributed by atoms with Crippen LogP contribution in [-0.4, -0.2) is 54.5 Å². The molecule has 1 aliphatic rings. The lowest BCUT2D eigenvalue weighted by atomic mass is 9.99. The Morgan fingerprint density at radius 1 is 1.28 bits per heavy atom. The summed E-state index contributed by atoms with van der Waals surface area (Å²) in [5.41, 5.74) is 1.18. The van der Waals surface area contributed by atoms with E-state index in [0.717, 1.165) is 11.1 Å². The molecule has 0 aliphatic carbocycles. The minimum atomic E-state index is -0.774. The van der Waals surface area contributed by atoms with Gasteiger partial charge in [-0.25, -0.2) is 4.79 Å². The number of carbonyl (C=O) groups is 3. The number of nitrogens with one attached hydrogen (secondary N) is 2. The number of hydrogen-bond acceptors (Lipinski definition) is 6. The summed E-state index contributed by atoms with van der Waals surface area (Å²) in [6, 6.07) is 9.50. The van der Waals surface area contributed by atoms with Gasteiger partial charge in [-0.2, -0.15) is 0 Å². The number of amides is 2. The maximum absolute atomic E-state index is 12.7. The normalized spacial score (nSPS) is 16.2. The monoisotopic (exact) mass is 415 g/mol. The Kier molecular flexibility index (Phi) is 6.34. The molecule has 0 unspecified atom stereocenters. The molecule has 8 heteroatoms. The van der Waals surface area contributed by atoms with Crippen molar-refractivity contribution in [3.8, 4) is 11.1 Å². The Morgan fingerprint density at radius 3 is 2.69 bits per heavy atom. The van der Waals surface area contributed by atoms with Gasteiger partial charge in [-0.15, -0.1) is 11.3 Å². The van der Waals surface area contributed by atoms with Crippen LogP contribution in [0.5, 0.6) is 0 Å². The number of esters is 1. The predicted molar refractivity (Wildman–Crippen MR) is 113 cm³/mol. The molecule has 1 aromatic carbocycles. The second-order valence-electron chi connectivity index (χ2n) is 7.22. The summed E-state index contributed by atoms with van der Waals surface area (Å²) in [7, 11) is 0. The van der Waals surface area contributed by atoms with Crippen molar-refractivity contribution < 1.29 is 19.1 Å². The summed E-state index contributed by atoms with van der Waals surface area (Å²) < 4.78 is 5.22. The third-order valence-electron chi connectivity index (χ3n) is 4.96. The van der Waals surface area contributed by atoms with Crippen molar-refractivity contribution in [1.29, 1.82) is 0 Å². The lowest BCUT2D eigenvalue weighted by Gasteiger charge is -2.40. The molecule has 7 nitrogen and oxygen atoms in total.